The van der Waals surface area contributed by atoms with Gasteiger partial charge in [-0.3, -0.25) is 4.79 Å². The van der Waals surface area contributed by atoms with Crippen LogP contribution in [0.3, 0.4) is 0 Å². The molecule has 38 heavy (non-hydrogen) atoms. The van der Waals surface area contributed by atoms with Crippen molar-refractivity contribution in [3.05, 3.63) is 75.1 Å². The minimum atomic E-state index is -1.28. The fraction of sp³-hybridized carbons (Fsp3) is 0.400. The zero-order chi connectivity index (χ0) is 27.2. The largest absolute Gasteiger partial charge is 0.489 e. The van der Waals surface area contributed by atoms with Crippen LogP contribution in [0.4, 0.5) is 0 Å². The summed E-state index contributed by atoms with van der Waals surface area (Å²) in [6, 6.07) is 11.2. The molecule has 0 bridgehead atoms. The maximum Gasteiger partial charge on any atom is 0.341 e. The van der Waals surface area contributed by atoms with E-state index in [0.29, 0.717) is 49.0 Å². The highest BCUT2D eigenvalue weighted by atomic mass is 16.5. The van der Waals surface area contributed by atoms with Gasteiger partial charge >= 0.3 is 5.97 Å². The Morgan fingerprint density at radius 1 is 1.21 bits per heavy atom. The minimum absolute atomic E-state index is 0.201. The molecule has 0 saturated carbocycles. The van der Waals surface area contributed by atoms with Gasteiger partial charge < -0.3 is 28.6 Å². The molecule has 8 heteroatoms. The summed E-state index contributed by atoms with van der Waals surface area (Å²) in [7, 11) is 1.65. The van der Waals surface area contributed by atoms with Crippen LogP contribution in [0.1, 0.15) is 73.3 Å². The van der Waals surface area contributed by atoms with E-state index in [1.165, 1.54) is 12.3 Å². The van der Waals surface area contributed by atoms with Crippen LogP contribution in [0.15, 0.2) is 47.4 Å². The molecule has 1 aromatic heterocycles. The lowest BCUT2D eigenvalue weighted by atomic mass is 9.91. The topological polar surface area (TPSA) is 96.2 Å². The summed E-state index contributed by atoms with van der Waals surface area (Å²) < 4.78 is 26.1. The Morgan fingerprint density at radius 3 is 2.68 bits per heavy atom. The van der Waals surface area contributed by atoms with E-state index in [1.807, 2.05) is 44.2 Å². The average molecular weight is 520 g/mol. The molecule has 5 rings (SSSR count). The third-order valence-corrected chi connectivity index (χ3v) is 6.98. The van der Waals surface area contributed by atoms with E-state index in [-0.39, 0.29) is 11.5 Å². The predicted octanol–water partition coefficient (Wildman–Crippen LogP) is 5.41. The van der Waals surface area contributed by atoms with Crippen molar-refractivity contribution in [3.63, 3.8) is 0 Å². The van der Waals surface area contributed by atoms with E-state index in [0.717, 1.165) is 22.3 Å². The summed E-state index contributed by atoms with van der Waals surface area (Å²) in [6.45, 7) is 9.22. The normalized spacial score (nSPS) is 16.7. The lowest BCUT2D eigenvalue weighted by Crippen LogP contribution is -2.29. The second-order valence-corrected chi connectivity index (χ2v) is 10.7. The molecule has 0 spiro atoms. The second kappa shape index (κ2) is 9.83. The van der Waals surface area contributed by atoms with E-state index >= 15 is 0 Å². The van der Waals surface area contributed by atoms with Crippen LogP contribution in [-0.2, 0) is 11.2 Å². The highest BCUT2D eigenvalue weighted by Gasteiger charge is 2.40. The standard InChI is InChI=1S/C30H33NO7/c1-17(2)18-9-6-7-10-19(18)28-31-16-21(29(33)34)23(32)13-22(31)26-20-15-30(3,4)38-27(20)25(14-24(26)37-28)36-12-8-11-35-5/h6-7,9-10,13-14,16-17,28H,8,11-12,15H2,1-5H3,(H,33,34). The van der Waals surface area contributed by atoms with Crippen molar-refractivity contribution in [2.45, 2.75) is 58.3 Å². The van der Waals surface area contributed by atoms with Crippen LogP contribution < -0.4 is 19.6 Å². The molecule has 2 aliphatic rings. The third-order valence-electron chi connectivity index (χ3n) is 6.98. The number of aromatic carboxylic acids is 1. The fourth-order valence-electron chi connectivity index (χ4n) is 5.31. The monoisotopic (exact) mass is 519 g/mol. The van der Waals surface area contributed by atoms with E-state index < -0.39 is 23.2 Å². The van der Waals surface area contributed by atoms with Gasteiger partial charge in [-0.15, -0.1) is 0 Å². The van der Waals surface area contributed by atoms with Gasteiger partial charge in [0.05, 0.1) is 12.3 Å². The number of ether oxygens (including phenoxy) is 4. The molecular weight excluding hydrogens is 486 g/mol. The molecule has 0 saturated heterocycles. The third kappa shape index (κ3) is 4.53. The summed E-state index contributed by atoms with van der Waals surface area (Å²) in [5.74, 6) is 0.692. The number of fused-ring (bicyclic) bond motifs is 5. The first-order valence-electron chi connectivity index (χ1n) is 12.9. The van der Waals surface area contributed by atoms with Crippen LogP contribution in [0, 0.1) is 0 Å². The highest BCUT2D eigenvalue weighted by Crippen LogP contribution is 2.54. The number of aromatic nitrogens is 1. The first kappa shape index (κ1) is 25.9. The molecule has 1 atom stereocenters. The maximum atomic E-state index is 13.0. The van der Waals surface area contributed by atoms with Gasteiger partial charge in [0.2, 0.25) is 6.23 Å². The molecule has 0 amide bonds. The van der Waals surface area contributed by atoms with Crippen molar-refractivity contribution < 1.29 is 28.8 Å². The van der Waals surface area contributed by atoms with Gasteiger partial charge in [0, 0.05) is 61.6 Å². The van der Waals surface area contributed by atoms with Crippen molar-refractivity contribution in [1.29, 1.82) is 0 Å². The van der Waals surface area contributed by atoms with Crippen molar-refractivity contribution in [2.24, 2.45) is 0 Å². The Bertz CT molecular complexity index is 1450. The zero-order valence-electron chi connectivity index (χ0n) is 22.4. The van der Waals surface area contributed by atoms with Gasteiger partial charge in [-0.1, -0.05) is 38.1 Å². The van der Waals surface area contributed by atoms with Gasteiger partial charge in [-0.05, 0) is 25.3 Å². The number of benzene rings is 2. The van der Waals surface area contributed by atoms with Crippen LogP contribution in [0.2, 0.25) is 0 Å². The van der Waals surface area contributed by atoms with Crippen LogP contribution >= 0.6 is 0 Å². The van der Waals surface area contributed by atoms with Gasteiger partial charge in [0.1, 0.15) is 16.9 Å². The summed E-state index contributed by atoms with van der Waals surface area (Å²) >= 11 is 0. The SMILES string of the molecule is COCCCOc1cc2c(c3c1OC(C)(C)C3)-c1cc(=O)c(C(=O)O)cn1C(c1ccccc1C(C)C)O2. The number of rotatable bonds is 8. The predicted molar refractivity (Wildman–Crippen MR) is 143 cm³/mol. The minimum Gasteiger partial charge on any atom is -0.489 e. The average Bonchev–Trinajstić information content (AvgIpc) is 3.20. The van der Waals surface area contributed by atoms with Crippen molar-refractivity contribution in [1.82, 2.24) is 4.57 Å². The van der Waals surface area contributed by atoms with Crippen LogP contribution in [-0.4, -0.2) is 41.6 Å². The molecule has 8 nitrogen and oxygen atoms in total. The number of carboxylic acid groups (broad SMARTS) is 1. The van der Waals surface area contributed by atoms with Crippen LogP contribution in [0.25, 0.3) is 11.3 Å². The quantitative estimate of drug-likeness (QED) is 0.398. The molecule has 2 aromatic carbocycles. The second-order valence-electron chi connectivity index (χ2n) is 10.7. The molecule has 3 aromatic rings. The Kier molecular flexibility index (Phi) is 6.69. The smallest absolute Gasteiger partial charge is 0.341 e. The van der Waals surface area contributed by atoms with E-state index in [1.54, 1.807) is 11.7 Å². The lowest BCUT2D eigenvalue weighted by molar-refractivity contribution is 0.0693. The number of hydrogen-bond acceptors (Lipinski definition) is 6. The Morgan fingerprint density at radius 2 is 1.97 bits per heavy atom. The number of methoxy groups -OCH3 is 1. The first-order chi connectivity index (χ1) is 18.1. The maximum absolute atomic E-state index is 13.0. The molecule has 1 N–H and O–H groups in total. The Balaban J connectivity index is 1.74. The lowest BCUT2D eigenvalue weighted by Gasteiger charge is -2.34. The Hall–Kier alpha value is -3.78. The fourth-order valence-corrected chi connectivity index (χ4v) is 5.31. The summed E-state index contributed by atoms with van der Waals surface area (Å²) in [5.41, 5.74) is 2.81. The summed E-state index contributed by atoms with van der Waals surface area (Å²) in [6.07, 6.45) is 2.01. The van der Waals surface area contributed by atoms with Gasteiger partial charge in [-0.2, -0.15) is 0 Å². The molecule has 0 aliphatic carbocycles. The van der Waals surface area contributed by atoms with E-state index in [4.69, 9.17) is 18.9 Å². The summed E-state index contributed by atoms with van der Waals surface area (Å²) in [4.78, 5) is 24.9. The van der Waals surface area contributed by atoms with E-state index in [2.05, 4.69) is 13.8 Å². The molecule has 200 valence electrons. The molecule has 0 radical (unpaired) electrons. The van der Waals surface area contributed by atoms with Gasteiger partial charge in [-0.25, -0.2) is 4.79 Å². The Labute approximate surface area is 221 Å². The van der Waals surface area contributed by atoms with Crippen molar-refractivity contribution in [3.8, 4) is 28.5 Å². The van der Waals surface area contributed by atoms with Gasteiger partial charge in [0.25, 0.3) is 0 Å². The molecule has 1 unspecified atom stereocenters. The van der Waals surface area contributed by atoms with Crippen molar-refractivity contribution in [2.75, 3.05) is 20.3 Å². The van der Waals surface area contributed by atoms with Crippen LogP contribution in [0.5, 0.6) is 17.2 Å². The molecule has 0 fully saturated rings. The molecule has 2 aliphatic heterocycles. The zero-order valence-corrected chi connectivity index (χ0v) is 22.4. The number of nitrogens with zero attached hydrogens (tertiary/aromatic N) is 1. The van der Waals surface area contributed by atoms with Gasteiger partial charge in [0.15, 0.2) is 16.9 Å². The summed E-state index contributed by atoms with van der Waals surface area (Å²) in [5, 5.41) is 9.74. The first-order valence-corrected chi connectivity index (χ1v) is 12.9. The van der Waals surface area contributed by atoms with Crippen molar-refractivity contribution >= 4 is 5.97 Å². The number of pyridine rings is 1. The molecular formula is C30H33NO7. The highest BCUT2D eigenvalue weighted by molar-refractivity contribution is 5.88. The van der Waals surface area contributed by atoms with E-state index in [9.17, 15) is 14.7 Å². The molecule has 3 heterocycles. The number of carboxylic acids is 1. The number of hydrogen-bond donors (Lipinski definition) is 1. The number of carbonyl (C=O) groups is 1.